The van der Waals surface area contributed by atoms with Gasteiger partial charge in [0.25, 0.3) is 0 Å². The second kappa shape index (κ2) is 9.80. The second-order valence-electron chi connectivity index (χ2n) is 12.1. The predicted octanol–water partition coefficient (Wildman–Crippen LogP) is 10.8. The molecule has 0 aliphatic heterocycles. The maximum absolute atomic E-state index is 12.9. The minimum absolute atomic E-state index is 0.318. The molecule has 10 rings (SSSR count). The zero-order valence-electron chi connectivity index (χ0n) is 25.2. The van der Waals surface area contributed by atoms with Gasteiger partial charge in [0.1, 0.15) is 5.58 Å². The van der Waals surface area contributed by atoms with Gasteiger partial charge in [0, 0.05) is 44.4 Å². The smallest absolute Gasteiger partial charge is 0.344 e. The van der Waals surface area contributed by atoms with Gasteiger partial charge in [-0.3, -0.25) is 0 Å². The van der Waals surface area contributed by atoms with E-state index in [1.54, 1.807) is 0 Å². The SMILES string of the molecule is O=c1oc2cc3c(cc2c2ccccc12)c1cc(-c2ccc4c(c2)c2ccccc2n4-c2ccccc2)ccc1n3-c1ccccc1. The molecule has 0 aliphatic carbocycles. The van der Waals surface area contributed by atoms with Crippen molar-refractivity contribution in [3.8, 4) is 22.5 Å². The first-order valence-electron chi connectivity index (χ1n) is 15.8. The van der Waals surface area contributed by atoms with Crippen molar-refractivity contribution in [2.24, 2.45) is 0 Å². The molecule has 0 atom stereocenters. The van der Waals surface area contributed by atoms with Gasteiger partial charge in [-0.15, -0.1) is 0 Å². The fourth-order valence-corrected chi connectivity index (χ4v) is 7.43. The van der Waals surface area contributed by atoms with E-state index in [1.807, 2.05) is 36.4 Å². The lowest BCUT2D eigenvalue weighted by molar-refractivity contribution is 0.570. The highest BCUT2D eigenvalue weighted by atomic mass is 16.4. The first-order chi connectivity index (χ1) is 23.2. The molecule has 0 fully saturated rings. The van der Waals surface area contributed by atoms with E-state index in [0.29, 0.717) is 11.0 Å². The van der Waals surface area contributed by atoms with Crippen LogP contribution in [0.2, 0.25) is 0 Å². The fraction of sp³-hybridized carbons (Fsp3) is 0. The molecule has 3 heterocycles. The first-order valence-corrected chi connectivity index (χ1v) is 15.8. The number of rotatable bonds is 3. The molecule has 3 aromatic heterocycles. The Hall–Kier alpha value is -6.39. The number of benzene rings is 7. The van der Waals surface area contributed by atoms with Crippen LogP contribution in [-0.4, -0.2) is 9.13 Å². The van der Waals surface area contributed by atoms with Crippen LogP contribution in [0.15, 0.2) is 167 Å². The fourth-order valence-electron chi connectivity index (χ4n) is 7.43. The molecule has 0 spiro atoms. The molecule has 0 N–H and O–H groups in total. The average molecular weight is 603 g/mol. The van der Waals surface area contributed by atoms with Gasteiger partial charge in [-0.1, -0.05) is 84.9 Å². The van der Waals surface area contributed by atoms with Crippen molar-refractivity contribution >= 4 is 65.4 Å². The zero-order valence-corrected chi connectivity index (χ0v) is 25.2. The van der Waals surface area contributed by atoms with E-state index < -0.39 is 0 Å². The number of para-hydroxylation sites is 3. The molecular weight excluding hydrogens is 576 g/mol. The summed E-state index contributed by atoms with van der Waals surface area (Å²) in [5, 5.41) is 7.13. The van der Waals surface area contributed by atoms with Gasteiger partial charge in [-0.05, 0) is 83.2 Å². The van der Waals surface area contributed by atoms with Crippen molar-refractivity contribution in [1.29, 1.82) is 0 Å². The van der Waals surface area contributed by atoms with Crippen LogP contribution in [0.3, 0.4) is 0 Å². The van der Waals surface area contributed by atoms with Crippen LogP contribution in [0.4, 0.5) is 0 Å². The molecule has 0 radical (unpaired) electrons. The van der Waals surface area contributed by atoms with Crippen molar-refractivity contribution in [2.45, 2.75) is 0 Å². The van der Waals surface area contributed by atoms with Crippen LogP contribution < -0.4 is 5.63 Å². The van der Waals surface area contributed by atoms with E-state index >= 15 is 0 Å². The molecule has 47 heavy (non-hydrogen) atoms. The minimum Gasteiger partial charge on any atom is -0.422 e. The monoisotopic (exact) mass is 602 g/mol. The summed E-state index contributed by atoms with van der Waals surface area (Å²) in [5.41, 5.74) is 9.24. The van der Waals surface area contributed by atoms with Crippen molar-refractivity contribution < 1.29 is 4.42 Å². The van der Waals surface area contributed by atoms with E-state index in [9.17, 15) is 4.79 Å². The van der Waals surface area contributed by atoms with Gasteiger partial charge in [0.15, 0.2) is 0 Å². The van der Waals surface area contributed by atoms with Gasteiger partial charge in [-0.25, -0.2) is 4.79 Å². The van der Waals surface area contributed by atoms with Gasteiger partial charge >= 0.3 is 5.63 Å². The molecule has 0 amide bonds. The zero-order chi connectivity index (χ0) is 31.1. The van der Waals surface area contributed by atoms with E-state index in [4.69, 9.17) is 4.42 Å². The Morgan fingerprint density at radius 2 is 0.851 bits per heavy atom. The Bertz CT molecular complexity index is 2910. The molecule has 7 aromatic carbocycles. The number of nitrogens with zero attached hydrogens (tertiary/aromatic N) is 2. The maximum Gasteiger partial charge on any atom is 0.344 e. The lowest BCUT2D eigenvalue weighted by atomic mass is 10.00. The molecule has 0 bridgehead atoms. The summed E-state index contributed by atoms with van der Waals surface area (Å²) >= 11 is 0. The van der Waals surface area contributed by atoms with Crippen molar-refractivity contribution in [3.05, 3.63) is 168 Å². The quantitative estimate of drug-likeness (QED) is 0.149. The largest absolute Gasteiger partial charge is 0.422 e. The molecule has 10 aromatic rings. The summed E-state index contributed by atoms with van der Waals surface area (Å²) < 4.78 is 10.5. The van der Waals surface area contributed by atoms with E-state index in [2.05, 4.69) is 130 Å². The molecule has 220 valence electrons. The number of aromatic nitrogens is 2. The summed E-state index contributed by atoms with van der Waals surface area (Å²) in [7, 11) is 0. The summed E-state index contributed by atoms with van der Waals surface area (Å²) in [4.78, 5) is 12.9. The highest BCUT2D eigenvalue weighted by molar-refractivity contribution is 6.18. The van der Waals surface area contributed by atoms with Crippen molar-refractivity contribution in [1.82, 2.24) is 9.13 Å². The molecular formula is C43H26N2O2. The lowest BCUT2D eigenvalue weighted by Crippen LogP contribution is -1.99. The van der Waals surface area contributed by atoms with Crippen LogP contribution >= 0.6 is 0 Å². The van der Waals surface area contributed by atoms with Crippen LogP contribution in [-0.2, 0) is 0 Å². The van der Waals surface area contributed by atoms with Crippen molar-refractivity contribution in [3.63, 3.8) is 0 Å². The van der Waals surface area contributed by atoms with Gasteiger partial charge in [0.05, 0.1) is 27.5 Å². The van der Waals surface area contributed by atoms with Crippen LogP contribution in [0.1, 0.15) is 0 Å². The van der Waals surface area contributed by atoms with E-state index in [-0.39, 0.29) is 5.63 Å². The molecule has 0 saturated carbocycles. The maximum atomic E-state index is 12.9. The second-order valence-corrected chi connectivity index (χ2v) is 12.1. The number of hydrogen-bond acceptors (Lipinski definition) is 2. The predicted molar refractivity (Wildman–Crippen MR) is 194 cm³/mol. The van der Waals surface area contributed by atoms with Crippen LogP contribution in [0.25, 0.3) is 87.9 Å². The number of hydrogen-bond donors (Lipinski definition) is 0. The average Bonchev–Trinajstić information content (AvgIpc) is 3.63. The molecule has 0 aliphatic rings. The normalized spacial score (nSPS) is 11.9. The highest BCUT2D eigenvalue weighted by Crippen LogP contribution is 2.40. The third kappa shape index (κ3) is 3.79. The summed E-state index contributed by atoms with van der Waals surface area (Å²) in [5.74, 6) is 0. The van der Waals surface area contributed by atoms with E-state index in [1.165, 1.54) is 21.8 Å². The Morgan fingerprint density at radius 1 is 0.362 bits per heavy atom. The Balaban J connectivity index is 1.25. The van der Waals surface area contributed by atoms with Gasteiger partial charge in [0.2, 0.25) is 0 Å². The third-order valence-corrected chi connectivity index (χ3v) is 9.54. The summed E-state index contributed by atoms with van der Waals surface area (Å²) in [6.07, 6.45) is 0. The van der Waals surface area contributed by atoms with Crippen LogP contribution in [0.5, 0.6) is 0 Å². The standard InChI is InChI=1S/C43H26N2O2/c46-43-33-17-8-7-15-31(33)37-25-36-35-24-28(20-22-40(35)45(30-13-5-2-6-14-30)41(36)26-42(37)47-43)27-19-21-39-34(23-27)32-16-9-10-18-38(32)44(39)29-11-3-1-4-12-29/h1-26H. The summed E-state index contributed by atoms with van der Waals surface area (Å²) in [6.45, 7) is 0. The topological polar surface area (TPSA) is 40.1 Å². The van der Waals surface area contributed by atoms with Gasteiger partial charge in [-0.2, -0.15) is 0 Å². The number of fused-ring (bicyclic) bond motifs is 9. The van der Waals surface area contributed by atoms with E-state index in [0.717, 1.165) is 55.1 Å². The van der Waals surface area contributed by atoms with Crippen LogP contribution in [0, 0.1) is 0 Å². The van der Waals surface area contributed by atoms with Gasteiger partial charge < -0.3 is 13.6 Å². The molecule has 4 heteroatoms. The minimum atomic E-state index is -0.318. The Morgan fingerprint density at radius 3 is 1.51 bits per heavy atom. The Kier molecular flexibility index (Phi) is 5.40. The highest BCUT2D eigenvalue weighted by Gasteiger charge is 2.18. The lowest BCUT2D eigenvalue weighted by Gasteiger charge is -2.09. The summed E-state index contributed by atoms with van der Waals surface area (Å²) in [6, 6.07) is 55.0. The van der Waals surface area contributed by atoms with Crippen molar-refractivity contribution in [2.75, 3.05) is 0 Å². The molecule has 4 nitrogen and oxygen atoms in total. The third-order valence-electron chi connectivity index (χ3n) is 9.54. The Labute approximate surface area is 268 Å². The molecule has 0 saturated heterocycles. The first kappa shape index (κ1) is 25.9. The molecule has 0 unspecified atom stereocenters.